The van der Waals surface area contributed by atoms with Crippen molar-refractivity contribution in [3.05, 3.63) is 0 Å². The Labute approximate surface area is 157 Å². The topological polar surface area (TPSA) is 75.2 Å². The number of aromatic nitrogens is 2. The zero-order chi connectivity index (χ0) is 17.8. The van der Waals surface area contributed by atoms with Gasteiger partial charge in [0.25, 0.3) is 0 Å². The number of amides is 2. The van der Waals surface area contributed by atoms with Crippen LogP contribution in [-0.4, -0.2) is 44.7 Å². The molecule has 1 aromatic rings. The van der Waals surface area contributed by atoms with Gasteiger partial charge >= 0.3 is 0 Å². The van der Waals surface area contributed by atoms with E-state index in [4.69, 9.17) is 0 Å². The van der Waals surface area contributed by atoms with E-state index in [1.54, 1.807) is 11.8 Å². The summed E-state index contributed by atoms with van der Waals surface area (Å²) in [6.45, 7) is 4.83. The summed E-state index contributed by atoms with van der Waals surface area (Å²) < 4.78 is 0.871. The number of nitrogens with one attached hydrogen (secondary N) is 1. The fourth-order valence-electron chi connectivity index (χ4n) is 3.42. The molecule has 0 bridgehead atoms. The molecule has 2 fully saturated rings. The van der Waals surface area contributed by atoms with E-state index in [1.165, 1.54) is 30.6 Å². The second-order valence-corrected chi connectivity index (χ2v) is 9.60. The minimum absolute atomic E-state index is 0.108. The van der Waals surface area contributed by atoms with E-state index in [-0.39, 0.29) is 17.7 Å². The summed E-state index contributed by atoms with van der Waals surface area (Å²) in [6, 6.07) is 0.333. The van der Waals surface area contributed by atoms with Crippen molar-refractivity contribution in [2.24, 2.45) is 5.92 Å². The zero-order valence-corrected chi connectivity index (χ0v) is 16.5. The van der Waals surface area contributed by atoms with Crippen LogP contribution in [0.2, 0.25) is 0 Å². The molecule has 0 radical (unpaired) electrons. The van der Waals surface area contributed by atoms with Crippen LogP contribution in [0.5, 0.6) is 0 Å². The van der Waals surface area contributed by atoms with Crippen molar-refractivity contribution in [2.45, 2.75) is 74.4 Å². The lowest BCUT2D eigenvalue weighted by molar-refractivity contribution is -0.130. The zero-order valence-electron chi connectivity index (χ0n) is 14.9. The van der Waals surface area contributed by atoms with Crippen molar-refractivity contribution in [1.82, 2.24) is 15.1 Å². The van der Waals surface area contributed by atoms with Crippen LogP contribution in [0, 0.1) is 5.92 Å². The van der Waals surface area contributed by atoms with E-state index >= 15 is 0 Å². The first kappa shape index (κ1) is 18.6. The molecule has 2 aliphatic rings. The van der Waals surface area contributed by atoms with Crippen LogP contribution in [0.3, 0.4) is 0 Å². The van der Waals surface area contributed by atoms with E-state index in [9.17, 15) is 9.59 Å². The van der Waals surface area contributed by atoms with Crippen LogP contribution < -0.4 is 5.32 Å². The molecule has 1 aliphatic carbocycles. The fourth-order valence-corrected chi connectivity index (χ4v) is 5.42. The maximum absolute atomic E-state index is 12.5. The quantitative estimate of drug-likeness (QED) is 0.601. The Morgan fingerprint density at radius 1 is 1.36 bits per heavy atom. The Kier molecular flexibility index (Phi) is 6.33. The third-order valence-electron chi connectivity index (χ3n) is 5.06. The van der Waals surface area contributed by atoms with Crippen molar-refractivity contribution < 1.29 is 9.59 Å². The second kappa shape index (κ2) is 8.49. The van der Waals surface area contributed by atoms with E-state index < -0.39 is 0 Å². The molecule has 3 rings (SSSR count). The van der Waals surface area contributed by atoms with Crippen molar-refractivity contribution in [3.63, 3.8) is 0 Å². The minimum atomic E-state index is -0.274. The molecule has 25 heavy (non-hydrogen) atoms. The molecule has 1 aromatic heterocycles. The number of anilines is 1. The summed E-state index contributed by atoms with van der Waals surface area (Å²) in [5.74, 6) is -0.260. The Morgan fingerprint density at radius 3 is 2.84 bits per heavy atom. The number of carbonyl (C=O) groups is 2. The summed E-state index contributed by atoms with van der Waals surface area (Å²) in [7, 11) is 0. The number of nitrogens with zero attached hydrogens (tertiary/aromatic N) is 3. The van der Waals surface area contributed by atoms with E-state index in [0.29, 0.717) is 29.4 Å². The SMILES string of the molecule is CCC(C)Sc1nnc(NC(=O)C2CC(=O)N(C3CCCCC3)C2)s1. The van der Waals surface area contributed by atoms with E-state index in [2.05, 4.69) is 29.4 Å². The molecule has 1 N–H and O–H groups in total. The smallest absolute Gasteiger partial charge is 0.231 e. The van der Waals surface area contributed by atoms with Crippen molar-refractivity contribution in [3.8, 4) is 0 Å². The van der Waals surface area contributed by atoms with Gasteiger partial charge in [-0.05, 0) is 19.3 Å². The molecule has 1 saturated heterocycles. The number of rotatable bonds is 6. The Hall–Kier alpha value is -1.15. The highest BCUT2D eigenvalue weighted by molar-refractivity contribution is 8.01. The molecule has 2 heterocycles. The van der Waals surface area contributed by atoms with Gasteiger partial charge in [-0.15, -0.1) is 10.2 Å². The van der Waals surface area contributed by atoms with Crippen LogP contribution >= 0.6 is 23.1 Å². The monoisotopic (exact) mass is 382 g/mol. The summed E-state index contributed by atoms with van der Waals surface area (Å²) in [5.41, 5.74) is 0. The van der Waals surface area contributed by atoms with Gasteiger partial charge < -0.3 is 10.2 Å². The molecule has 1 aliphatic heterocycles. The maximum Gasteiger partial charge on any atom is 0.231 e. The fraction of sp³-hybridized carbons (Fsp3) is 0.765. The number of likely N-dealkylation sites (tertiary alicyclic amines) is 1. The Balaban J connectivity index is 1.54. The number of carbonyl (C=O) groups excluding carboxylic acids is 2. The van der Waals surface area contributed by atoms with Crippen LogP contribution in [-0.2, 0) is 9.59 Å². The summed E-state index contributed by atoms with van der Waals surface area (Å²) in [6.07, 6.45) is 7.16. The Bertz CT molecular complexity index is 616. The third kappa shape index (κ3) is 4.73. The molecule has 2 atom stereocenters. The highest BCUT2D eigenvalue weighted by Gasteiger charge is 2.38. The average Bonchev–Trinajstić information content (AvgIpc) is 3.22. The van der Waals surface area contributed by atoms with Crippen LogP contribution in [0.25, 0.3) is 0 Å². The highest BCUT2D eigenvalue weighted by atomic mass is 32.2. The van der Waals surface area contributed by atoms with E-state index in [1.807, 2.05) is 4.90 Å². The molecule has 0 spiro atoms. The normalized spacial score (nSPS) is 23.0. The summed E-state index contributed by atoms with van der Waals surface area (Å²) in [4.78, 5) is 26.8. The number of hydrogen-bond acceptors (Lipinski definition) is 6. The molecular weight excluding hydrogens is 356 g/mol. The van der Waals surface area contributed by atoms with Crippen LogP contribution in [0.1, 0.15) is 58.8 Å². The number of thioether (sulfide) groups is 1. The lowest BCUT2D eigenvalue weighted by Gasteiger charge is -2.31. The standard InChI is InChI=1S/C17H26N4O2S2/c1-3-11(2)24-17-20-19-16(25-17)18-15(23)12-9-14(22)21(10-12)13-7-5-4-6-8-13/h11-13H,3-10H2,1-2H3,(H,18,19,23). The van der Waals surface area contributed by atoms with Crippen molar-refractivity contribution in [1.29, 1.82) is 0 Å². The third-order valence-corrected chi connectivity index (χ3v) is 7.25. The average molecular weight is 383 g/mol. The van der Waals surface area contributed by atoms with Crippen molar-refractivity contribution >= 4 is 40.0 Å². The molecule has 138 valence electrons. The molecule has 8 heteroatoms. The number of hydrogen-bond donors (Lipinski definition) is 1. The first-order valence-corrected chi connectivity index (χ1v) is 10.9. The first-order valence-electron chi connectivity index (χ1n) is 9.17. The molecular formula is C17H26N4O2S2. The van der Waals surface area contributed by atoms with Crippen molar-refractivity contribution in [2.75, 3.05) is 11.9 Å². The predicted octanol–water partition coefficient (Wildman–Crippen LogP) is 3.55. The first-order chi connectivity index (χ1) is 12.1. The van der Waals surface area contributed by atoms with E-state index in [0.717, 1.165) is 23.6 Å². The highest BCUT2D eigenvalue weighted by Crippen LogP contribution is 2.32. The van der Waals surface area contributed by atoms with Gasteiger partial charge in [-0.3, -0.25) is 9.59 Å². The second-order valence-electron chi connectivity index (χ2n) is 6.94. The maximum atomic E-state index is 12.5. The van der Waals surface area contributed by atoms with Gasteiger partial charge in [0.05, 0.1) is 5.92 Å². The van der Waals surface area contributed by atoms with Gasteiger partial charge in [0.1, 0.15) is 0 Å². The summed E-state index contributed by atoms with van der Waals surface area (Å²) >= 11 is 3.08. The molecule has 6 nitrogen and oxygen atoms in total. The van der Waals surface area contributed by atoms with Crippen LogP contribution in [0.15, 0.2) is 4.34 Å². The van der Waals surface area contributed by atoms with Gasteiger partial charge in [0.2, 0.25) is 16.9 Å². The van der Waals surface area contributed by atoms with Gasteiger partial charge in [-0.25, -0.2) is 0 Å². The van der Waals surface area contributed by atoms with Gasteiger partial charge in [0.15, 0.2) is 4.34 Å². The van der Waals surface area contributed by atoms with Crippen LogP contribution in [0.4, 0.5) is 5.13 Å². The van der Waals surface area contributed by atoms with Gasteiger partial charge in [-0.1, -0.05) is 56.2 Å². The molecule has 1 saturated carbocycles. The van der Waals surface area contributed by atoms with Gasteiger partial charge in [0, 0.05) is 24.3 Å². The Morgan fingerprint density at radius 2 is 2.12 bits per heavy atom. The molecule has 0 aromatic carbocycles. The lowest BCUT2D eigenvalue weighted by atomic mass is 9.94. The summed E-state index contributed by atoms with van der Waals surface area (Å²) in [5, 5.41) is 12.0. The largest absolute Gasteiger partial charge is 0.339 e. The predicted molar refractivity (Wildman–Crippen MR) is 101 cm³/mol. The minimum Gasteiger partial charge on any atom is -0.339 e. The lowest BCUT2D eigenvalue weighted by Crippen LogP contribution is -2.38. The molecule has 2 unspecified atom stereocenters. The van der Waals surface area contributed by atoms with Gasteiger partial charge in [-0.2, -0.15) is 0 Å². The molecule has 2 amide bonds.